The lowest BCUT2D eigenvalue weighted by Crippen LogP contribution is -2.16. The van der Waals surface area contributed by atoms with Gasteiger partial charge in [-0.25, -0.2) is 9.97 Å². The van der Waals surface area contributed by atoms with Crippen molar-refractivity contribution in [1.82, 2.24) is 14.5 Å². The van der Waals surface area contributed by atoms with Gasteiger partial charge >= 0.3 is 0 Å². The van der Waals surface area contributed by atoms with Crippen molar-refractivity contribution in [3.05, 3.63) is 41.4 Å². The Bertz CT molecular complexity index is 764. The van der Waals surface area contributed by atoms with Gasteiger partial charge < -0.3 is 4.57 Å². The van der Waals surface area contributed by atoms with E-state index in [9.17, 15) is 4.79 Å². The Hall–Kier alpha value is -1.92. The Morgan fingerprint density at radius 1 is 1.47 bits per heavy atom. The third kappa shape index (κ3) is 2.32. The third-order valence-electron chi connectivity index (χ3n) is 2.60. The molecule has 3 rings (SSSR count). The maximum atomic E-state index is 12.0. The molecule has 96 valence electrons. The number of rotatable bonds is 2. The van der Waals surface area contributed by atoms with Crippen molar-refractivity contribution in [2.45, 2.75) is 0 Å². The van der Waals surface area contributed by atoms with E-state index in [-0.39, 0.29) is 5.91 Å². The number of carbonyl (C=O) groups is 1. The molecule has 0 aliphatic carbocycles. The summed E-state index contributed by atoms with van der Waals surface area (Å²) in [6.45, 7) is 0. The van der Waals surface area contributed by atoms with Gasteiger partial charge in [-0.1, -0.05) is 22.9 Å². The molecule has 19 heavy (non-hydrogen) atoms. The summed E-state index contributed by atoms with van der Waals surface area (Å²) in [6.07, 6.45) is 3.29. The van der Waals surface area contributed by atoms with Crippen LogP contribution < -0.4 is 5.32 Å². The molecule has 0 saturated carbocycles. The van der Waals surface area contributed by atoms with Crippen LogP contribution in [0.1, 0.15) is 10.6 Å². The molecule has 0 saturated heterocycles. The Balaban J connectivity index is 1.89. The number of nitrogens with zero attached hydrogens (tertiary/aromatic N) is 3. The van der Waals surface area contributed by atoms with E-state index in [1.54, 1.807) is 30.1 Å². The number of fused-ring (bicyclic) bond motifs is 1. The van der Waals surface area contributed by atoms with E-state index in [0.717, 1.165) is 10.2 Å². The zero-order valence-electron chi connectivity index (χ0n) is 9.92. The molecule has 2 heterocycles. The lowest BCUT2D eigenvalue weighted by Gasteiger charge is -2.00. The van der Waals surface area contributed by atoms with Crippen LogP contribution in [-0.4, -0.2) is 20.4 Å². The van der Waals surface area contributed by atoms with Gasteiger partial charge in [-0.05, 0) is 18.2 Å². The second-order valence-corrected chi connectivity index (χ2v) is 5.41. The minimum absolute atomic E-state index is 0.280. The Morgan fingerprint density at radius 3 is 3.05 bits per heavy atom. The molecule has 0 atom stereocenters. The lowest BCUT2D eigenvalue weighted by atomic mass is 10.3. The van der Waals surface area contributed by atoms with E-state index in [0.29, 0.717) is 16.0 Å². The summed E-state index contributed by atoms with van der Waals surface area (Å²) in [7, 11) is 1.76. The van der Waals surface area contributed by atoms with Crippen LogP contribution in [0.2, 0.25) is 5.02 Å². The molecule has 0 bridgehead atoms. The molecular weight excluding hydrogens is 284 g/mol. The summed E-state index contributed by atoms with van der Waals surface area (Å²) in [5.74, 6) is 0.0648. The number of nitrogens with one attached hydrogen (secondary N) is 1. The van der Waals surface area contributed by atoms with Crippen LogP contribution in [0.15, 0.2) is 30.6 Å². The van der Waals surface area contributed by atoms with Gasteiger partial charge in [0.05, 0.1) is 10.2 Å². The van der Waals surface area contributed by atoms with Gasteiger partial charge in [0.25, 0.3) is 5.91 Å². The molecule has 0 unspecified atom stereocenters. The summed E-state index contributed by atoms with van der Waals surface area (Å²) < 4.78 is 2.59. The summed E-state index contributed by atoms with van der Waals surface area (Å²) >= 11 is 7.29. The molecule has 1 N–H and O–H groups in total. The molecule has 0 spiro atoms. The SMILES string of the molecule is Cn1ccnc1C(=O)Nc1nc2ccc(Cl)cc2s1. The maximum Gasteiger partial charge on any atom is 0.293 e. The largest absolute Gasteiger partial charge is 0.330 e. The summed E-state index contributed by atoms with van der Waals surface area (Å²) in [5.41, 5.74) is 0.810. The molecule has 7 heteroatoms. The highest BCUT2D eigenvalue weighted by Gasteiger charge is 2.13. The summed E-state index contributed by atoms with van der Waals surface area (Å²) in [4.78, 5) is 20.3. The average Bonchev–Trinajstić information content (AvgIpc) is 2.94. The number of amides is 1. The fourth-order valence-electron chi connectivity index (χ4n) is 1.69. The third-order valence-corrected chi connectivity index (χ3v) is 3.76. The van der Waals surface area contributed by atoms with Crippen LogP contribution in [0.25, 0.3) is 10.2 Å². The molecule has 3 aromatic rings. The minimum atomic E-state index is -0.280. The predicted octanol–water partition coefficient (Wildman–Crippen LogP) is 2.94. The van der Waals surface area contributed by atoms with Gasteiger partial charge in [0.1, 0.15) is 0 Å². The number of imidazole rings is 1. The minimum Gasteiger partial charge on any atom is -0.330 e. The second kappa shape index (κ2) is 4.64. The van der Waals surface area contributed by atoms with Crippen LogP contribution in [0.5, 0.6) is 0 Å². The highest BCUT2D eigenvalue weighted by atomic mass is 35.5. The molecule has 1 amide bonds. The smallest absolute Gasteiger partial charge is 0.293 e. The number of thiazole rings is 1. The predicted molar refractivity (Wildman–Crippen MR) is 75.8 cm³/mol. The van der Waals surface area contributed by atoms with Gasteiger partial charge in [-0.2, -0.15) is 0 Å². The highest BCUT2D eigenvalue weighted by molar-refractivity contribution is 7.22. The van der Waals surface area contributed by atoms with Gasteiger partial charge in [0.2, 0.25) is 0 Å². The fraction of sp³-hybridized carbons (Fsp3) is 0.0833. The normalized spacial score (nSPS) is 10.8. The monoisotopic (exact) mass is 292 g/mol. The van der Waals surface area contributed by atoms with Crippen LogP contribution in [0, 0.1) is 0 Å². The number of carbonyl (C=O) groups excluding carboxylic acids is 1. The number of hydrogen-bond acceptors (Lipinski definition) is 4. The molecule has 0 aliphatic heterocycles. The summed E-state index contributed by atoms with van der Waals surface area (Å²) in [6, 6.07) is 5.42. The maximum absolute atomic E-state index is 12.0. The molecular formula is C12H9ClN4OS. The van der Waals surface area contributed by atoms with Crippen LogP contribution in [0.4, 0.5) is 5.13 Å². The van der Waals surface area contributed by atoms with Crippen molar-refractivity contribution in [1.29, 1.82) is 0 Å². The van der Waals surface area contributed by atoms with Gasteiger partial charge in [0, 0.05) is 24.5 Å². The standard InChI is InChI=1S/C12H9ClN4OS/c1-17-5-4-14-10(17)11(18)16-12-15-8-3-2-7(13)6-9(8)19-12/h2-6H,1H3,(H,15,16,18). The van der Waals surface area contributed by atoms with E-state index in [1.165, 1.54) is 11.3 Å². The van der Waals surface area contributed by atoms with Crippen molar-refractivity contribution >= 4 is 44.2 Å². The molecule has 0 aliphatic rings. The van der Waals surface area contributed by atoms with Crippen LogP contribution in [-0.2, 0) is 7.05 Å². The number of aromatic nitrogens is 3. The molecule has 2 aromatic heterocycles. The van der Waals surface area contributed by atoms with Crippen molar-refractivity contribution < 1.29 is 4.79 Å². The van der Waals surface area contributed by atoms with Crippen LogP contribution >= 0.6 is 22.9 Å². The van der Waals surface area contributed by atoms with Crippen molar-refractivity contribution in [2.24, 2.45) is 7.05 Å². The Labute approximate surface area is 117 Å². The Morgan fingerprint density at radius 2 is 2.32 bits per heavy atom. The lowest BCUT2D eigenvalue weighted by molar-refractivity contribution is 0.101. The first-order valence-corrected chi connectivity index (χ1v) is 6.68. The quantitative estimate of drug-likeness (QED) is 0.790. The zero-order valence-corrected chi connectivity index (χ0v) is 11.5. The van der Waals surface area contributed by atoms with Crippen molar-refractivity contribution in [2.75, 3.05) is 5.32 Å². The van der Waals surface area contributed by atoms with E-state index >= 15 is 0 Å². The van der Waals surface area contributed by atoms with E-state index in [2.05, 4.69) is 15.3 Å². The van der Waals surface area contributed by atoms with E-state index in [4.69, 9.17) is 11.6 Å². The van der Waals surface area contributed by atoms with E-state index < -0.39 is 0 Å². The molecule has 0 radical (unpaired) electrons. The topological polar surface area (TPSA) is 59.8 Å². The first kappa shape index (κ1) is 12.1. The van der Waals surface area contributed by atoms with Crippen LogP contribution in [0.3, 0.4) is 0 Å². The first-order chi connectivity index (χ1) is 9.13. The average molecular weight is 293 g/mol. The van der Waals surface area contributed by atoms with E-state index in [1.807, 2.05) is 12.1 Å². The molecule has 5 nitrogen and oxygen atoms in total. The van der Waals surface area contributed by atoms with Crippen molar-refractivity contribution in [3.63, 3.8) is 0 Å². The zero-order chi connectivity index (χ0) is 13.4. The number of benzene rings is 1. The number of halogens is 1. The molecule has 1 aromatic carbocycles. The van der Waals surface area contributed by atoms with Crippen molar-refractivity contribution in [3.8, 4) is 0 Å². The highest BCUT2D eigenvalue weighted by Crippen LogP contribution is 2.28. The van der Waals surface area contributed by atoms with Gasteiger partial charge in [0.15, 0.2) is 11.0 Å². The Kier molecular flexibility index (Phi) is 2.96. The van der Waals surface area contributed by atoms with Gasteiger partial charge in [-0.3, -0.25) is 10.1 Å². The number of hydrogen-bond donors (Lipinski definition) is 1. The number of anilines is 1. The first-order valence-electron chi connectivity index (χ1n) is 5.48. The summed E-state index contributed by atoms with van der Waals surface area (Å²) in [5, 5.41) is 3.92. The van der Waals surface area contributed by atoms with Gasteiger partial charge in [-0.15, -0.1) is 0 Å². The fourth-order valence-corrected chi connectivity index (χ4v) is 2.83. The molecule has 0 fully saturated rings. The number of aryl methyl sites for hydroxylation is 1. The second-order valence-electron chi connectivity index (χ2n) is 3.95.